The Morgan fingerprint density at radius 2 is 1.60 bits per heavy atom. The molecule has 4 aliphatic rings. The molecule has 0 spiro atoms. The Kier molecular flexibility index (Phi) is 12.8. The third-order valence-electron chi connectivity index (χ3n) is 12.9. The van der Waals surface area contributed by atoms with E-state index in [1.165, 1.54) is 24.8 Å². The van der Waals surface area contributed by atoms with Crippen LogP contribution >= 0.6 is 0 Å². The Bertz CT molecular complexity index is 846. The van der Waals surface area contributed by atoms with Crippen LogP contribution in [-0.2, 0) is 18.9 Å². The smallest absolute Gasteiger partial charge is 0.146 e. The molecule has 0 heterocycles. The fourth-order valence-corrected chi connectivity index (χ4v) is 11.0. The average Bonchev–Trinajstić information content (AvgIpc) is 3.15. The van der Waals surface area contributed by atoms with Crippen LogP contribution in [0.3, 0.4) is 0 Å². The first-order chi connectivity index (χ1) is 18.5. The molecule has 0 amide bonds. The molecule has 40 heavy (non-hydrogen) atoms. The molecule has 0 saturated heterocycles. The minimum absolute atomic E-state index is 0. The van der Waals surface area contributed by atoms with Crippen molar-refractivity contribution >= 4 is 0 Å². The van der Waals surface area contributed by atoms with Gasteiger partial charge < -0.3 is 24.1 Å². The maximum atomic E-state index is 11.8. The Hall–Kier alpha value is 0.982. The molecule has 1 radical (unpaired) electrons. The Labute approximate surface area is 281 Å². The third kappa shape index (κ3) is 6.23. The van der Waals surface area contributed by atoms with Gasteiger partial charge in [-0.3, -0.25) is 0 Å². The van der Waals surface area contributed by atoms with Crippen molar-refractivity contribution in [3.05, 3.63) is 11.6 Å². The largest absolute Gasteiger partial charge is 0.393 e. The van der Waals surface area contributed by atoms with Gasteiger partial charge in [0, 0.05) is 58.3 Å². The summed E-state index contributed by atoms with van der Waals surface area (Å²) in [4.78, 5) is 0. The summed E-state index contributed by atoms with van der Waals surface area (Å²) >= 11 is 0. The van der Waals surface area contributed by atoms with E-state index < -0.39 is 0 Å². The van der Waals surface area contributed by atoms with Crippen LogP contribution in [-0.4, -0.2) is 51.2 Å². The van der Waals surface area contributed by atoms with Crippen molar-refractivity contribution in [2.45, 2.75) is 125 Å². The van der Waals surface area contributed by atoms with E-state index in [1.54, 1.807) is 14.2 Å². The molecule has 4 aliphatic carbocycles. The Balaban J connectivity index is 0.00000441. The SMILES string of the molecule is CC[C@@H](CCC=C(C)C)C1C2C[C@@H](OCOC)C3C(C)(CCC4C(C)[C@H](OCOC)CC[C@@]43C)[C@@]2(C)C[C@@H]1O.[Ac]. The van der Waals surface area contributed by atoms with Crippen molar-refractivity contribution in [1.29, 1.82) is 0 Å². The first kappa shape index (κ1) is 35.5. The number of ether oxygens (including phenoxy) is 4. The topological polar surface area (TPSA) is 57.2 Å². The van der Waals surface area contributed by atoms with Gasteiger partial charge in [-0.25, -0.2) is 0 Å². The molecular formula is C34H60AcO5. The summed E-state index contributed by atoms with van der Waals surface area (Å²) < 4.78 is 23.7. The Morgan fingerprint density at radius 3 is 2.20 bits per heavy atom. The number of methoxy groups -OCH3 is 2. The van der Waals surface area contributed by atoms with E-state index >= 15 is 0 Å². The first-order valence-electron chi connectivity index (χ1n) is 16.0. The Morgan fingerprint density at radius 1 is 0.950 bits per heavy atom. The molecule has 0 aromatic heterocycles. The van der Waals surface area contributed by atoms with E-state index in [0.29, 0.717) is 49.1 Å². The second-order valence-electron chi connectivity index (χ2n) is 14.8. The minimum Gasteiger partial charge on any atom is -0.393 e. The standard InChI is InChI=1S/C34H60O5.Ac/c1-10-24(13-11-12-22(2)3)30-26-18-29(39-21-37-9)31-32(5)16-15-28(38-20-36-8)23(4)25(32)14-17-33(31,6)34(26,7)19-27(30)35;/h12,23-31,35H,10-11,13-21H2,1-9H3;/t23?,24-,25?,26?,27-,28+,29+,30?,31?,32-,33?,34-;/m0./s1. The van der Waals surface area contributed by atoms with Crippen LogP contribution in [0.25, 0.3) is 0 Å². The van der Waals surface area contributed by atoms with Crippen LogP contribution in [0, 0.1) is 95.8 Å². The first-order valence-corrected chi connectivity index (χ1v) is 16.0. The second kappa shape index (κ2) is 14.4. The van der Waals surface area contributed by atoms with Crippen LogP contribution in [0.4, 0.5) is 0 Å². The second-order valence-corrected chi connectivity index (χ2v) is 14.8. The van der Waals surface area contributed by atoms with Gasteiger partial charge in [-0.2, -0.15) is 0 Å². The number of hydrogen-bond acceptors (Lipinski definition) is 5. The van der Waals surface area contributed by atoms with Crippen LogP contribution in [0.15, 0.2) is 11.6 Å². The quantitative estimate of drug-likeness (QED) is 0.173. The van der Waals surface area contributed by atoms with E-state index in [-0.39, 0.29) is 78.6 Å². The molecule has 5 nitrogen and oxygen atoms in total. The maximum Gasteiger partial charge on any atom is 0.146 e. The van der Waals surface area contributed by atoms with Gasteiger partial charge in [-0.05, 0) is 117 Å². The van der Waals surface area contributed by atoms with Crippen molar-refractivity contribution < 1.29 is 68.1 Å². The zero-order valence-electron chi connectivity index (χ0n) is 27.2. The number of aliphatic hydroxyl groups excluding tert-OH is 1. The van der Waals surface area contributed by atoms with Crippen LogP contribution < -0.4 is 0 Å². The van der Waals surface area contributed by atoms with Crippen LogP contribution in [0.1, 0.15) is 106 Å². The molecular weight excluding hydrogens is 715 g/mol. The number of fused-ring (bicyclic) bond motifs is 5. The maximum absolute atomic E-state index is 11.8. The predicted molar refractivity (Wildman–Crippen MR) is 157 cm³/mol. The monoisotopic (exact) mass is 775 g/mol. The summed E-state index contributed by atoms with van der Waals surface area (Å²) in [5, 5.41) is 11.8. The van der Waals surface area contributed by atoms with Crippen LogP contribution in [0.5, 0.6) is 0 Å². The van der Waals surface area contributed by atoms with E-state index in [0.717, 1.165) is 38.5 Å². The van der Waals surface area contributed by atoms with E-state index in [4.69, 9.17) is 18.9 Å². The third-order valence-corrected chi connectivity index (χ3v) is 12.9. The van der Waals surface area contributed by atoms with Gasteiger partial charge >= 0.3 is 0 Å². The van der Waals surface area contributed by atoms with E-state index in [1.807, 2.05) is 0 Å². The average molecular weight is 776 g/mol. The molecule has 0 aliphatic heterocycles. The number of allylic oxidation sites excluding steroid dienone is 2. The molecule has 1 N–H and O–H groups in total. The molecule has 6 unspecified atom stereocenters. The predicted octanol–water partition coefficient (Wildman–Crippen LogP) is 7.61. The van der Waals surface area contributed by atoms with Crippen molar-refractivity contribution in [2.75, 3.05) is 27.8 Å². The van der Waals surface area contributed by atoms with Gasteiger partial charge in [0.25, 0.3) is 0 Å². The molecule has 12 atom stereocenters. The molecule has 0 bridgehead atoms. The zero-order chi connectivity index (χ0) is 28.6. The van der Waals surface area contributed by atoms with Gasteiger partial charge in [0.1, 0.15) is 13.6 Å². The normalized spacial score (nSPS) is 45.0. The molecule has 6 heteroatoms. The molecule has 4 fully saturated rings. The van der Waals surface area contributed by atoms with E-state index in [2.05, 4.69) is 54.5 Å². The number of aliphatic hydroxyl groups is 1. The molecule has 0 aromatic carbocycles. The fourth-order valence-electron chi connectivity index (χ4n) is 11.0. The van der Waals surface area contributed by atoms with Crippen LogP contribution in [0.2, 0.25) is 0 Å². The summed E-state index contributed by atoms with van der Waals surface area (Å²) in [7, 11) is 3.46. The molecule has 4 saturated carbocycles. The number of hydrogen-bond donors (Lipinski definition) is 1. The van der Waals surface area contributed by atoms with Crippen molar-refractivity contribution in [2.24, 2.45) is 51.8 Å². The van der Waals surface area contributed by atoms with Crippen molar-refractivity contribution in [1.82, 2.24) is 0 Å². The number of rotatable bonds is 11. The van der Waals surface area contributed by atoms with Crippen molar-refractivity contribution in [3.63, 3.8) is 0 Å². The van der Waals surface area contributed by atoms with Gasteiger partial charge in [0.15, 0.2) is 0 Å². The van der Waals surface area contributed by atoms with Gasteiger partial charge in [-0.15, -0.1) is 0 Å². The minimum atomic E-state index is -0.224. The van der Waals surface area contributed by atoms with Crippen molar-refractivity contribution in [3.8, 4) is 0 Å². The zero-order valence-corrected chi connectivity index (χ0v) is 32.0. The van der Waals surface area contributed by atoms with Gasteiger partial charge in [0.05, 0.1) is 18.3 Å². The van der Waals surface area contributed by atoms with Gasteiger partial charge in [0.2, 0.25) is 0 Å². The summed E-state index contributed by atoms with van der Waals surface area (Å²) in [5.74, 6) is 2.92. The summed E-state index contributed by atoms with van der Waals surface area (Å²) in [6.45, 7) is 17.6. The summed E-state index contributed by atoms with van der Waals surface area (Å²) in [6, 6.07) is 0. The van der Waals surface area contributed by atoms with E-state index in [9.17, 15) is 5.11 Å². The summed E-state index contributed by atoms with van der Waals surface area (Å²) in [6.07, 6.45) is 12.6. The molecule has 0 aromatic rings. The molecule has 4 rings (SSSR count). The molecule has 229 valence electrons. The summed E-state index contributed by atoms with van der Waals surface area (Å²) in [5.41, 5.74) is 1.80. The van der Waals surface area contributed by atoms with Gasteiger partial charge in [-0.1, -0.05) is 52.7 Å². The fraction of sp³-hybridized carbons (Fsp3) is 0.941.